The molecule has 2 heterocycles. The van der Waals surface area contributed by atoms with Crippen molar-refractivity contribution in [2.24, 2.45) is 0 Å². The summed E-state index contributed by atoms with van der Waals surface area (Å²) in [6.07, 6.45) is 0.0427. The molecule has 10 heteroatoms. The molecular weight excluding hydrogens is 624 g/mol. The molecule has 0 saturated carbocycles. The summed E-state index contributed by atoms with van der Waals surface area (Å²) in [4.78, 5) is 31.8. The van der Waals surface area contributed by atoms with Crippen molar-refractivity contribution >= 4 is 22.6 Å². The molecule has 1 atom stereocenters. The molecule has 1 aromatic heterocycles. The summed E-state index contributed by atoms with van der Waals surface area (Å²) in [7, 11) is 7.73. The van der Waals surface area contributed by atoms with E-state index in [2.05, 4.69) is 17.0 Å². The van der Waals surface area contributed by atoms with Gasteiger partial charge in [-0.15, -0.1) is 0 Å². The Kier molecular flexibility index (Phi) is 9.94. The van der Waals surface area contributed by atoms with Crippen molar-refractivity contribution in [3.05, 3.63) is 106 Å². The Labute approximate surface area is 285 Å². The number of anilines is 1. The highest BCUT2D eigenvalue weighted by Crippen LogP contribution is 2.48. The first-order valence-corrected chi connectivity index (χ1v) is 16.1. The minimum atomic E-state index is -0.661. The summed E-state index contributed by atoms with van der Waals surface area (Å²) >= 11 is 0. The molecule has 1 aliphatic rings. The molecule has 49 heavy (non-hydrogen) atoms. The standard InChI is InChI=1S/C39H40N2O8/c1-44-30-24-31(45-2)37-29(25-12-8-6-9-13-25)23-35(43)49-39(37)36(30)28(26-20-32(46-3)38(48-5)33(21-26)47-4)22-34(42)41-18-16-40(17-19-41)27-14-10-7-11-15-27/h6-15,20-21,23-24,28H,16-19,22H2,1-5H3/t28-/m1/s1. The van der Waals surface area contributed by atoms with E-state index >= 15 is 0 Å². The van der Waals surface area contributed by atoms with Gasteiger partial charge in [0.2, 0.25) is 11.7 Å². The summed E-state index contributed by atoms with van der Waals surface area (Å²) in [5, 5.41) is 0.588. The number of amides is 1. The summed E-state index contributed by atoms with van der Waals surface area (Å²) in [5.74, 6) is 1.41. The first kappa shape index (κ1) is 33.3. The quantitative estimate of drug-likeness (QED) is 0.149. The predicted octanol–water partition coefficient (Wildman–Crippen LogP) is 6.37. The van der Waals surface area contributed by atoms with Crippen molar-refractivity contribution in [3.8, 4) is 39.9 Å². The van der Waals surface area contributed by atoms with Gasteiger partial charge in [0.05, 0.1) is 40.9 Å². The average Bonchev–Trinajstić information content (AvgIpc) is 3.16. The molecule has 4 aromatic carbocycles. The van der Waals surface area contributed by atoms with E-state index in [9.17, 15) is 9.59 Å². The van der Waals surface area contributed by atoms with E-state index in [0.29, 0.717) is 77.0 Å². The first-order chi connectivity index (χ1) is 23.9. The number of benzene rings is 4. The normalized spacial score (nSPS) is 13.6. The Morgan fingerprint density at radius 2 is 1.31 bits per heavy atom. The maximum atomic E-state index is 14.3. The van der Waals surface area contributed by atoms with Gasteiger partial charge in [0.25, 0.3) is 0 Å². The van der Waals surface area contributed by atoms with E-state index in [0.717, 1.165) is 11.3 Å². The fourth-order valence-electron chi connectivity index (χ4n) is 6.66. The van der Waals surface area contributed by atoms with E-state index in [-0.39, 0.29) is 17.9 Å². The lowest BCUT2D eigenvalue weighted by atomic mass is 9.84. The molecule has 0 aliphatic carbocycles. The van der Waals surface area contributed by atoms with Crippen molar-refractivity contribution in [2.75, 3.05) is 66.6 Å². The molecule has 6 rings (SSSR count). The molecule has 0 unspecified atom stereocenters. The van der Waals surface area contributed by atoms with Gasteiger partial charge in [0.1, 0.15) is 17.1 Å². The van der Waals surface area contributed by atoms with E-state index in [4.69, 9.17) is 28.1 Å². The van der Waals surface area contributed by atoms with Crippen molar-refractivity contribution < 1.29 is 32.9 Å². The van der Waals surface area contributed by atoms with Crippen LogP contribution in [-0.2, 0) is 4.79 Å². The predicted molar refractivity (Wildman–Crippen MR) is 189 cm³/mol. The molecule has 0 spiro atoms. The lowest BCUT2D eigenvalue weighted by molar-refractivity contribution is -0.131. The minimum Gasteiger partial charge on any atom is -0.496 e. The van der Waals surface area contributed by atoms with Crippen LogP contribution >= 0.6 is 0 Å². The summed E-state index contributed by atoms with van der Waals surface area (Å²) in [5.41, 5.74) is 3.51. The molecule has 0 N–H and O–H groups in total. The Bertz CT molecular complexity index is 1960. The van der Waals surface area contributed by atoms with Crippen LogP contribution in [0.15, 0.2) is 94.1 Å². The molecule has 5 aromatic rings. The van der Waals surface area contributed by atoms with Crippen LogP contribution in [0.5, 0.6) is 28.7 Å². The number of piperazine rings is 1. The monoisotopic (exact) mass is 664 g/mol. The lowest BCUT2D eigenvalue weighted by Gasteiger charge is -2.37. The smallest absolute Gasteiger partial charge is 0.336 e. The van der Waals surface area contributed by atoms with Crippen LogP contribution in [0.25, 0.3) is 22.1 Å². The zero-order valence-electron chi connectivity index (χ0n) is 28.4. The number of carbonyl (C=O) groups excluding carboxylic acids is 1. The Balaban J connectivity index is 1.52. The van der Waals surface area contributed by atoms with Crippen LogP contribution in [0, 0.1) is 0 Å². The van der Waals surface area contributed by atoms with Crippen LogP contribution in [0.4, 0.5) is 5.69 Å². The Morgan fingerprint density at radius 3 is 1.88 bits per heavy atom. The second-order valence-corrected chi connectivity index (χ2v) is 11.7. The number of ether oxygens (including phenoxy) is 5. The van der Waals surface area contributed by atoms with Gasteiger partial charge in [0.15, 0.2) is 11.5 Å². The van der Waals surface area contributed by atoms with E-state index < -0.39 is 11.5 Å². The van der Waals surface area contributed by atoms with Crippen LogP contribution in [0.2, 0.25) is 0 Å². The van der Waals surface area contributed by atoms with Gasteiger partial charge in [-0.2, -0.15) is 0 Å². The van der Waals surface area contributed by atoms with Crippen LogP contribution < -0.4 is 34.2 Å². The second kappa shape index (κ2) is 14.6. The Morgan fingerprint density at radius 1 is 0.714 bits per heavy atom. The number of hydrogen-bond donors (Lipinski definition) is 0. The highest BCUT2D eigenvalue weighted by molar-refractivity contribution is 6.01. The van der Waals surface area contributed by atoms with Crippen molar-refractivity contribution in [2.45, 2.75) is 12.3 Å². The molecule has 254 valence electrons. The molecular formula is C39H40N2O8. The van der Waals surface area contributed by atoms with Gasteiger partial charge in [-0.1, -0.05) is 48.5 Å². The van der Waals surface area contributed by atoms with Crippen LogP contribution in [0.1, 0.15) is 23.5 Å². The number of hydrogen-bond acceptors (Lipinski definition) is 9. The molecule has 10 nitrogen and oxygen atoms in total. The summed E-state index contributed by atoms with van der Waals surface area (Å²) in [6.45, 7) is 2.52. The molecule has 1 aliphatic heterocycles. The molecule has 1 amide bonds. The van der Waals surface area contributed by atoms with E-state index in [1.54, 1.807) is 34.5 Å². The molecule has 0 bridgehead atoms. The molecule has 0 radical (unpaired) electrons. The fourth-order valence-corrected chi connectivity index (χ4v) is 6.66. The third-order valence-corrected chi connectivity index (χ3v) is 9.07. The van der Waals surface area contributed by atoms with E-state index in [1.807, 2.05) is 65.6 Å². The summed E-state index contributed by atoms with van der Waals surface area (Å²) < 4.78 is 35.0. The molecule has 1 saturated heterocycles. The van der Waals surface area contributed by atoms with Gasteiger partial charge in [-0.25, -0.2) is 4.79 Å². The second-order valence-electron chi connectivity index (χ2n) is 11.7. The Hall–Kier alpha value is -5.64. The van der Waals surface area contributed by atoms with E-state index in [1.165, 1.54) is 13.2 Å². The van der Waals surface area contributed by atoms with Crippen LogP contribution in [-0.4, -0.2) is 72.5 Å². The zero-order chi connectivity index (χ0) is 34.5. The van der Waals surface area contributed by atoms with Crippen molar-refractivity contribution in [1.82, 2.24) is 4.90 Å². The average molecular weight is 665 g/mol. The number of methoxy groups -OCH3 is 5. The number of nitrogens with zero attached hydrogens (tertiary/aromatic N) is 2. The van der Waals surface area contributed by atoms with Crippen molar-refractivity contribution in [3.63, 3.8) is 0 Å². The number of fused-ring (bicyclic) bond motifs is 1. The third-order valence-electron chi connectivity index (χ3n) is 9.07. The largest absolute Gasteiger partial charge is 0.496 e. The van der Waals surface area contributed by atoms with Gasteiger partial charge < -0.3 is 37.9 Å². The van der Waals surface area contributed by atoms with Gasteiger partial charge in [-0.05, 0) is 35.4 Å². The maximum absolute atomic E-state index is 14.3. The van der Waals surface area contributed by atoms with Gasteiger partial charge in [0, 0.05) is 67.5 Å². The SMILES string of the molecule is COc1cc([C@@H](CC(=O)N2CCN(c3ccccc3)CC2)c2c(OC)cc(OC)c3c(-c4ccccc4)cc(=O)oc23)cc(OC)c1OC. The number of para-hydroxylation sites is 1. The topological polar surface area (TPSA) is 99.9 Å². The minimum absolute atomic E-state index is 0.0427. The third kappa shape index (κ3) is 6.59. The summed E-state index contributed by atoms with van der Waals surface area (Å²) in [6, 6.07) is 26.6. The van der Waals surface area contributed by atoms with Crippen LogP contribution in [0.3, 0.4) is 0 Å². The number of rotatable bonds is 11. The number of carbonyl (C=O) groups is 1. The lowest BCUT2D eigenvalue weighted by Crippen LogP contribution is -2.49. The van der Waals surface area contributed by atoms with Gasteiger partial charge in [-0.3, -0.25) is 4.79 Å². The first-order valence-electron chi connectivity index (χ1n) is 16.1. The van der Waals surface area contributed by atoms with Gasteiger partial charge >= 0.3 is 5.63 Å². The highest BCUT2D eigenvalue weighted by Gasteiger charge is 2.33. The van der Waals surface area contributed by atoms with Crippen molar-refractivity contribution in [1.29, 1.82) is 0 Å². The zero-order valence-corrected chi connectivity index (χ0v) is 28.4. The highest BCUT2D eigenvalue weighted by atomic mass is 16.5. The molecule has 1 fully saturated rings. The maximum Gasteiger partial charge on any atom is 0.336 e. The fraction of sp³-hybridized carbons (Fsp3) is 0.282.